The molecule has 0 heterocycles. The van der Waals surface area contributed by atoms with Gasteiger partial charge in [-0.15, -0.1) is 0 Å². The molecule has 0 fully saturated rings. The molecule has 0 aliphatic carbocycles. The van der Waals surface area contributed by atoms with Crippen molar-refractivity contribution >= 4 is 11.6 Å². The number of ether oxygens (including phenoxy) is 1. The quantitative estimate of drug-likeness (QED) is 0.760. The van der Waals surface area contributed by atoms with E-state index in [0.29, 0.717) is 0 Å². The van der Waals surface area contributed by atoms with Gasteiger partial charge in [0.2, 0.25) is 5.91 Å². The second kappa shape index (κ2) is 4.82. The predicted molar refractivity (Wildman–Crippen MR) is 61.5 cm³/mol. The minimum Gasteiger partial charge on any atom is -0.496 e. The zero-order valence-corrected chi connectivity index (χ0v) is 9.70. The molecule has 1 amide bonds. The summed E-state index contributed by atoms with van der Waals surface area (Å²) in [5, 5.41) is 0. The van der Waals surface area contributed by atoms with E-state index in [0.717, 1.165) is 23.4 Å². The first kappa shape index (κ1) is 11.6. The molecule has 3 nitrogen and oxygen atoms in total. The highest BCUT2D eigenvalue weighted by atomic mass is 16.5. The number of methoxy groups -OCH3 is 1. The van der Waals surface area contributed by atoms with Crippen LogP contribution in [0.15, 0.2) is 18.2 Å². The highest BCUT2D eigenvalue weighted by molar-refractivity contribution is 5.91. The van der Waals surface area contributed by atoms with Gasteiger partial charge in [-0.25, -0.2) is 0 Å². The van der Waals surface area contributed by atoms with Crippen LogP contribution in [0, 0.1) is 0 Å². The molecule has 0 aromatic heterocycles. The van der Waals surface area contributed by atoms with Crippen LogP contribution in [-0.2, 0) is 11.2 Å². The summed E-state index contributed by atoms with van der Waals surface area (Å²) in [5.41, 5.74) is 2.02. The van der Waals surface area contributed by atoms with Crippen molar-refractivity contribution in [3.63, 3.8) is 0 Å². The largest absolute Gasteiger partial charge is 0.496 e. The van der Waals surface area contributed by atoms with Crippen LogP contribution in [0.1, 0.15) is 19.4 Å². The molecule has 0 radical (unpaired) electrons. The van der Waals surface area contributed by atoms with E-state index < -0.39 is 0 Å². The van der Waals surface area contributed by atoms with E-state index in [1.165, 1.54) is 0 Å². The van der Waals surface area contributed by atoms with Gasteiger partial charge in [0, 0.05) is 19.7 Å². The van der Waals surface area contributed by atoms with E-state index >= 15 is 0 Å². The third-order valence-electron chi connectivity index (χ3n) is 2.50. The number of carbonyl (C=O) groups is 1. The fraction of sp³-hybridized carbons (Fsp3) is 0.417. The molecule has 82 valence electrons. The van der Waals surface area contributed by atoms with Crippen molar-refractivity contribution < 1.29 is 9.53 Å². The monoisotopic (exact) mass is 207 g/mol. The van der Waals surface area contributed by atoms with Crippen LogP contribution in [0.5, 0.6) is 5.75 Å². The smallest absolute Gasteiger partial charge is 0.223 e. The second-order valence-electron chi connectivity index (χ2n) is 3.43. The zero-order chi connectivity index (χ0) is 11.4. The Morgan fingerprint density at radius 2 is 2.13 bits per heavy atom. The molecule has 0 spiro atoms. The molecule has 0 aliphatic heterocycles. The third kappa shape index (κ3) is 2.49. The number of rotatable bonds is 3. The molecule has 0 atom stereocenters. The van der Waals surface area contributed by atoms with Gasteiger partial charge in [-0.2, -0.15) is 0 Å². The highest BCUT2D eigenvalue weighted by Gasteiger charge is 2.08. The van der Waals surface area contributed by atoms with Gasteiger partial charge >= 0.3 is 0 Å². The number of benzene rings is 1. The number of hydrogen-bond acceptors (Lipinski definition) is 2. The molecule has 1 aromatic rings. The van der Waals surface area contributed by atoms with Gasteiger partial charge in [-0.1, -0.05) is 6.92 Å². The van der Waals surface area contributed by atoms with Crippen LogP contribution in [0.4, 0.5) is 5.69 Å². The standard InChI is InChI=1S/C12H17NO2/c1-5-10-8-11(13(3)9(2)14)6-7-12(10)15-4/h6-8H,5H2,1-4H3. The summed E-state index contributed by atoms with van der Waals surface area (Å²) in [6, 6.07) is 5.77. The van der Waals surface area contributed by atoms with E-state index in [9.17, 15) is 4.79 Å². The van der Waals surface area contributed by atoms with Crippen LogP contribution in [0.3, 0.4) is 0 Å². The Labute approximate surface area is 90.7 Å². The lowest BCUT2D eigenvalue weighted by molar-refractivity contribution is -0.116. The maximum absolute atomic E-state index is 11.2. The van der Waals surface area contributed by atoms with Gasteiger partial charge in [0.1, 0.15) is 5.75 Å². The number of nitrogens with zero attached hydrogens (tertiary/aromatic N) is 1. The highest BCUT2D eigenvalue weighted by Crippen LogP contribution is 2.24. The number of aryl methyl sites for hydroxylation is 1. The molecule has 1 aromatic carbocycles. The van der Waals surface area contributed by atoms with Crippen molar-refractivity contribution in [1.29, 1.82) is 0 Å². The van der Waals surface area contributed by atoms with Crippen LogP contribution >= 0.6 is 0 Å². The van der Waals surface area contributed by atoms with Gasteiger partial charge in [-0.05, 0) is 30.2 Å². The molecule has 0 saturated heterocycles. The summed E-state index contributed by atoms with van der Waals surface area (Å²) in [5.74, 6) is 0.903. The molecule has 0 unspecified atom stereocenters. The summed E-state index contributed by atoms with van der Waals surface area (Å²) in [4.78, 5) is 12.8. The first-order valence-electron chi connectivity index (χ1n) is 5.01. The van der Waals surface area contributed by atoms with Gasteiger partial charge in [0.05, 0.1) is 7.11 Å². The molecule has 0 aliphatic rings. The fourth-order valence-corrected chi connectivity index (χ4v) is 1.43. The maximum atomic E-state index is 11.2. The van der Waals surface area contributed by atoms with Crippen molar-refractivity contribution in [2.75, 3.05) is 19.1 Å². The Hall–Kier alpha value is -1.51. The number of hydrogen-bond donors (Lipinski definition) is 0. The lowest BCUT2D eigenvalue weighted by atomic mass is 10.1. The van der Waals surface area contributed by atoms with E-state index in [2.05, 4.69) is 6.92 Å². The van der Waals surface area contributed by atoms with Crippen molar-refractivity contribution in [3.8, 4) is 5.75 Å². The molecule has 3 heteroatoms. The third-order valence-corrected chi connectivity index (χ3v) is 2.50. The van der Waals surface area contributed by atoms with Crippen LogP contribution < -0.4 is 9.64 Å². The first-order valence-corrected chi connectivity index (χ1v) is 5.01. The van der Waals surface area contributed by atoms with Gasteiger partial charge in [0.15, 0.2) is 0 Å². The summed E-state index contributed by atoms with van der Waals surface area (Å²) in [7, 11) is 3.42. The Morgan fingerprint density at radius 1 is 1.47 bits per heavy atom. The molecule has 0 N–H and O–H groups in total. The van der Waals surface area contributed by atoms with Crippen LogP contribution in [0.25, 0.3) is 0 Å². The molecule has 1 rings (SSSR count). The summed E-state index contributed by atoms with van der Waals surface area (Å²) >= 11 is 0. The van der Waals surface area contributed by atoms with Crippen molar-refractivity contribution in [1.82, 2.24) is 0 Å². The van der Waals surface area contributed by atoms with Gasteiger partial charge in [0.25, 0.3) is 0 Å². The van der Waals surface area contributed by atoms with Crippen molar-refractivity contribution in [2.24, 2.45) is 0 Å². The topological polar surface area (TPSA) is 29.5 Å². The van der Waals surface area contributed by atoms with Crippen LogP contribution in [-0.4, -0.2) is 20.1 Å². The molecular formula is C12H17NO2. The molecule has 0 bridgehead atoms. The van der Waals surface area contributed by atoms with Crippen molar-refractivity contribution in [3.05, 3.63) is 23.8 Å². The summed E-state index contributed by atoms with van der Waals surface area (Å²) in [6.07, 6.45) is 0.892. The second-order valence-corrected chi connectivity index (χ2v) is 3.43. The molecular weight excluding hydrogens is 190 g/mol. The average Bonchev–Trinajstić information content (AvgIpc) is 2.26. The summed E-state index contributed by atoms with van der Waals surface area (Å²) in [6.45, 7) is 3.62. The summed E-state index contributed by atoms with van der Waals surface area (Å²) < 4.78 is 5.23. The van der Waals surface area contributed by atoms with Gasteiger partial charge in [-0.3, -0.25) is 4.79 Å². The van der Waals surface area contributed by atoms with Crippen molar-refractivity contribution in [2.45, 2.75) is 20.3 Å². The van der Waals surface area contributed by atoms with E-state index in [1.54, 1.807) is 26.0 Å². The minimum absolute atomic E-state index is 0.0298. The first-order chi connectivity index (χ1) is 7.10. The zero-order valence-electron chi connectivity index (χ0n) is 9.70. The Balaban J connectivity index is 3.07. The Kier molecular flexibility index (Phi) is 3.72. The van der Waals surface area contributed by atoms with E-state index in [1.807, 2.05) is 18.2 Å². The van der Waals surface area contributed by atoms with E-state index in [4.69, 9.17) is 4.74 Å². The number of anilines is 1. The normalized spacial score (nSPS) is 9.87. The minimum atomic E-state index is 0.0298. The molecule has 0 saturated carbocycles. The lowest BCUT2D eigenvalue weighted by Crippen LogP contribution is -2.22. The average molecular weight is 207 g/mol. The van der Waals surface area contributed by atoms with E-state index in [-0.39, 0.29) is 5.91 Å². The Morgan fingerprint density at radius 3 is 2.60 bits per heavy atom. The maximum Gasteiger partial charge on any atom is 0.223 e. The Bertz CT molecular complexity index is 361. The SMILES string of the molecule is CCc1cc(N(C)C(C)=O)ccc1OC. The fourth-order valence-electron chi connectivity index (χ4n) is 1.43. The number of carbonyl (C=O) groups excluding carboxylic acids is 1. The van der Waals surface area contributed by atoms with Gasteiger partial charge < -0.3 is 9.64 Å². The number of amides is 1. The lowest BCUT2D eigenvalue weighted by Gasteiger charge is -2.17. The molecule has 15 heavy (non-hydrogen) atoms. The predicted octanol–water partition coefficient (Wildman–Crippen LogP) is 2.24. The van der Waals surface area contributed by atoms with Crippen LogP contribution in [0.2, 0.25) is 0 Å².